The highest BCUT2D eigenvalue weighted by atomic mass is 32.1. The highest BCUT2D eigenvalue weighted by molar-refractivity contribution is 7.80. The molecule has 2 rings (SSSR count). The van der Waals surface area contributed by atoms with E-state index in [1.165, 1.54) is 6.42 Å². The Hall–Kier alpha value is -1.01. The summed E-state index contributed by atoms with van der Waals surface area (Å²) in [6, 6.07) is 7.46. The molecule has 0 amide bonds. The maximum Gasteiger partial charge on any atom is 0.103 e. The lowest BCUT2D eigenvalue weighted by atomic mass is 10.1. The van der Waals surface area contributed by atoms with Crippen LogP contribution in [0.1, 0.15) is 36.5 Å². The van der Waals surface area contributed by atoms with Gasteiger partial charge >= 0.3 is 0 Å². The van der Waals surface area contributed by atoms with E-state index in [0.717, 1.165) is 37.1 Å². The van der Waals surface area contributed by atoms with Gasteiger partial charge in [0, 0.05) is 25.3 Å². The number of aliphatic hydroxyl groups excluding tert-OH is 1. The fourth-order valence-corrected chi connectivity index (χ4v) is 2.78. The van der Waals surface area contributed by atoms with Crippen LogP contribution in [0.2, 0.25) is 0 Å². The first-order chi connectivity index (χ1) is 10.1. The van der Waals surface area contributed by atoms with E-state index in [4.69, 9.17) is 22.7 Å². The smallest absolute Gasteiger partial charge is 0.103 e. The predicted octanol–water partition coefficient (Wildman–Crippen LogP) is 1.86. The molecule has 0 radical (unpaired) electrons. The minimum atomic E-state index is -0.515. The number of benzene rings is 1. The number of thiocarbonyl (C=S) groups is 1. The largest absolute Gasteiger partial charge is 0.389 e. The van der Waals surface area contributed by atoms with Gasteiger partial charge in [0.15, 0.2) is 0 Å². The summed E-state index contributed by atoms with van der Waals surface area (Å²) in [6.07, 6.45) is 3.30. The van der Waals surface area contributed by atoms with Gasteiger partial charge in [-0.1, -0.05) is 36.5 Å². The van der Waals surface area contributed by atoms with E-state index >= 15 is 0 Å². The molecule has 2 unspecified atom stereocenters. The van der Waals surface area contributed by atoms with Crippen molar-refractivity contribution in [3.8, 4) is 0 Å². The van der Waals surface area contributed by atoms with E-state index in [0.29, 0.717) is 17.6 Å². The number of rotatable bonds is 6. The van der Waals surface area contributed by atoms with E-state index < -0.39 is 6.10 Å². The van der Waals surface area contributed by atoms with Crippen molar-refractivity contribution in [2.45, 2.75) is 31.5 Å². The van der Waals surface area contributed by atoms with Crippen molar-refractivity contribution in [1.29, 1.82) is 0 Å². The van der Waals surface area contributed by atoms with Crippen molar-refractivity contribution in [3.05, 3.63) is 35.4 Å². The number of hydrogen-bond acceptors (Lipinski definition) is 4. The van der Waals surface area contributed by atoms with Crippen LogP contribution >= 0.6 is 12.2 Å². The Bertz CT molecular complexity index is 458. The number of likely N-dealkylation sites (N-methyl/N-ethyl adjacent to an activating group) is 1. The van der Waals surface area contributed by atoms with E-state index in [2.05, 4.69) is 4.90 Å². The molecule has 1 heterocycles. The molecule has 0 aliphatic carbocycles. The van der Waals surface area contributed by atoms with Crippen LogP contribution in [0.15, 0.2) is 24.3 Å². The molecule has 0 spiro atoms. The van der Waals surface area contributed by atoms with Crippen LogP contribution in [-0.4, -0.2) is 47.8 Å². The van der Waals surface area contributed by atoms with Crippen molar-refractivity contribution in [2.75, 3.05) is 26.7 Å². The molecule has 1 aromatic carbocycles. The maximum atomic E-state index is 10.3. The Balaban J connectivity index is 1.84. The average Bonchev–Trinajstić information content (AvgIpc) is 2.48. The first-order valence-electron chi connectivity index (χ1n) is 7.44. The molecule has 1 saturated heterocycles. The van der Waals surface area contributed by atoms with Gasteiger partial charge in [-0.05, 0) is 31.9 Å². The normalized spacial score (nSPS) is 20.4. The van der Waals surface area contributed by atoms with Gasteiger partial charge in [-0.15, -0.1) is 0 Å². The standard InChI is InChI=1S/C16H24N2O2S/c1-18(10-14-4-2-3-9-20-14)11-15(19)12-5-7-13(8-6-12)16(17)21/h5-8,14-15,19H,2-4,9-11H2,1H3,(H2,17,21). The Morgan fingerprint density at radius 1 is 1.43 bits per heavy atom. The number of nitrogens with zero attached hydrogens (tertiary/aromatic N) is 1. The quantitative estimate of drug-likeness (QED) is 0.786. The number of nitrogens with two attached hydrogens (primary N) is 1. The zero-order valence-electron chi connectivity index (χ0n) is 12.5. The Kier molecular flexibility index (Phi) is 6.11. The third-order valence-corrected chi connectivity index (χ3v) is 4.09. The van der Waals surface area contributed by atoms with Crippen LogP contribution in [-0.2, 0) is 4.74 Å². The molecule has 0 bridgehead atoms. The lowest BCUT2D eigenvalue weighted by Gasteiger charge is -2.28. The monoisotopic (exact) mass is 308 g/mol. The van der Waals surface area contributed by atoms with Gasteiger partial charge in [0.1, 0.15) is 4.99 Å². The number of hydrogen-bond donors (Lipinski definition) is 2. The molecule has 1 fully saturated rings. The molecule has 1 aromatic rings. The number of aliphatic hydroxyl groups is 1. The van der Waals surface area contributed by atoms with E-state index in [-0.39, 0.29) is 0 Å². The molecule has 3 N–H and O–H groups in total. The fraction of sp³-hybridized carbons (Fsp3) is 0.562. The van der Waals surface area contributed by atoms with Crippen LogP contribution in [0.3, 0.4) is 0 Å². The summed E-state index contributed by atoms with van der Waals surface area (Å²) in [4.78, 5) is 2.50. The van der Waals surface area contributed by atoms with Crippen LogP contribution in [0.25, 0.3) is 0 Å². The zero-order chi connectivity index (χ0) is 15.2. The second-order valence-electron chi connectivity index (χ2n) is 5.71. The Morgan fingerprint density at radius 2 is 2.14 bits per heavy atom. The lowest BCUT2D eigenvalue weighted by Crippen LogP contribution is -2.35. The van der Waals surface area contributed by atoms with Crippen LogP contribution in [0, 0.1) is 0 Å². The molecule has 2 atom stereocenters. The molecule has 0 aromatic heterocycles. The molecule has 1 aliphatic heterocycles. The van der Waals surface area contributed by atoms with Gasteiger partial charge in [0.25, 0.3) is 0 Å². The summed E-state index contributed by atoms with van der Waals surface area (Å²) in [5, 5.41) is 10.3. The molecule has 21 heavy (non-hydrogen) atoms. The average molecular weight is 308 g/mol. The summed E-state index contributed by atoms with van der Waals surface area (Å²) in [5.74, 6) is 0. The Labute approximate surface area is 131 Å². The molecular formula is C16H24N2O2S. The molecule has 5 heteroatoms. The lowest BCUT2D eigenvalue weighted by molar-refractivity contribution is -0.00795. The van der Waals surface area contributed by atoms with E-state index in [1.54, 1.807) is 0 Å². The summed E-state index contributed by atoms with van der Waals surface area (Å²) in [5.41, 5.74) is 7.28. The summed E-state index contributed by atoms with van der Waals surface area (Å²) >= 11 is 4.93. The predicted molar refractivity (Wildman–Crippen MR) is 88.4 cm³/mol. The van der Waals surface area contributed by atoms with Gasteiger partial charge in [-0.2, -0.15) is 0 Å². The van der Waals surface area contributed by atoms with E-state index in [1.807, 2.05) is 31.3 Å². The summed E-state index contributed by atoms with van der Waals surface area (Å²) in [7, 11) is 2.02. The third-order valence-electron chi connectivity index (χ3n) is 3.85. The van der Waals surface area contributed by atoms with Crippen LogP contribution in [0.5, 0.6) is 0 Å². The summed E-state index contributed by atoms with van der Waals surface area (Å²) in [6.45, 7) is 2.32. The first kappa shape index (κ1) is 16.4. The van der Waals surface area contributed by atoms with Crippen molar-refractivity contribution in [1.82, 2.24) is 4.90 Å². The first-order valence-corrected chi connectivity index (χ1v) is 7.85. The molecule has 1 aliphatic rings. The topological polar surface area (TPSA) is 58.7 Å². The highest BCUT2D eigenvalue weighted by Gasteiger charge is 2.18. The fourth-order valence-electron chi connectivity index (χ4n) is 2.64. The second-order valence-corrected chi connectivity index (χ2v) is 6.15. The van der Waals surface area contributed by atoms with E-state index in [9.17, 15) is 5.11 Å². The Morgan fingerprint density at radius 3 is 2.71 bits per heavy atom. The maximum absolute atomic E-state index is 10.3. The van der Waals surface area contributed by atoms with Crippen molar-refractivity contribution in [2.24, 2.45) is 5.73 Å². The second kappa shape index (κ2) is 7.84. The van der Waals surface area contributed by atoms with Gasteiger partial charge in [-0.25, -0.2) is 0 Å². The van der Waals surface area contributed by atoms with Gasteiger partial charge in [-0.3, -0.25) is 0 Å². The third kappa shape index (κ3) is 5.04. The van der Waals surface area contributed by atoms with Gasteiger partial charge < -0.3 is 20.5 Å². The molecule has 4 nitrogen and oxygen atoms in total. The van der Waals surface area contributed by atoms with Crippen LogP contribution < -0.4 is 5.73 Å². The minimum absolute atomic E-state index is 0.299. The SMILES string of the molecule is CN(CC1CCCCO1)CC(O)c1ccc(C(N)=S)cc1. The molecule has 0 saturated carbocycles. The van der Waals surface area contributed by atoms with Crippen molar-refractivity contribution < 1.29 is 9.84 Å². The van der Waals surface area contributed by atoms with Crippen LogP contribution in [0.4, 0.5) is 0 Å². The highest BCUT2D eigenvalue weighted by Crippen LogP contribution is 2.17. The van der Waals surface area contributed by atoms with Gasteiger partial charge in [0.2, 0.25) is 0 Å². The summed E-state index contributed by atoms with van der Waals surface area (Å²) < 4.78 is 5.73. The molecule has 116 valence electrons. The number of ether oxygens (including phenoxy) is 1. The van der Waals surface area contributed by atoms with Gasteiger partial charge in [0.05, 0.1) is 12.2 Å². The van der Waals surface area contributed by atoms with Crippen molar-refractivity contribution >= 4 is 17.2 Å². The zero-order valence-corrected chi connectivity index (χ0v) is 13.3. The molecular weight excluding hydrogens is 284 g/mol. The van der Waals surface area contributed by atoms with Crippen molar-refractivity contribution in [3.63, 3.8) is 0 Å². The minimum Gasteiger partial charge on any atom is -0.389 e.